The monoisotopic (exact) mass is 484 g/mol. The van der Waals surface area contributed by atoms with Gasteiger partial charge in [0, 0.05) is 18.7 Å². The molecule has 7 nitrogen and oxygen atoms in total. The van der Waals surface area contributed by atoms with Crippen molar-refractivity contribution < 1.29 is 28.6 Å². The number of carbonyl (C=O) groups excluding carboxylic acids is 2. The summed E-state index contributed by atoms with van der Waals surface area (Å²) in [4.78, 5) is 30.0. The Hall–Kier alpha value is -3.39. The van der Waals surface area contributed by atoms with E-state index in [0.717, 1.165) is 13.1 Å². The van der Waals surface area contributed by atoms with Crippen LogP contribution in [0.5, 0.6) is 11.5 Å². The van der Waals surface area contributed by atoms with Crippen LogP contribution in [-0.4, -0.2) is 66.0 Å². The SMILES string of the molecule is CCOc1ccc([C@@H]2C(=C(O)c3ccc(F)cc3)C(=O)C(=O)N2CCN(CC)CC)cc1OCC. The first kappa shape index (κ1) is 26.2. The number of aliphatic hydroxyl groups excluding tert-OH is 1. The topological polar surface area (TPSA) is 79.3 Å². The third-order valence-corrected chi connectivity index (χ3v) is 6.09. The molecule has 0 aromatic heterocycles. The van der Waals surface area contributed by atoms with Gasteiger partial charge in [-0.05, 0) is 68.9 Å². The summed E-state index contributed by atoms with van der Waals surface area (Å²) >= 11 is 0. The van der Waals surface area contributed by atoms with Crippen molar-refractivity contribution in [3.8, 4) is 11.5 Å². The maximum absolute atomic E-state index is 13.5. The molecular weight excluding hydrogens is 451 g/mol. The zero-order chi connectivity index (χ0) is 25.5. The maximum atomic E-state index is 13.5. The molecule has 2 aromatic rings. The number of ether oxygens (including phenoxy) is 2. The summed E-state index contributed by atoms with van der Waals surface area (Å²) in [5, 5.41) is 11.1. The minimum atomic E-state index is -0.828. The maximum Gasteiger partial charge on any atom is 0.295 e. The summed E-state index contributed by atoms with van der Waals surface area (Å²) in [5.41, 5.74) is 0.834. The van der Waals surface area contributed by atoms with Crippen molar-refractivity contribution in [3.63, 3.8) is 0 Å². The van der Waals surface area contributed by atoms with Gasteiger partial charge in [0.05, 0.1) is 24.8 Å². The van der Waals surface area contributed by atoms with Gasteiger partial charge in [0.1, 0.15) is 11.6 Å². The van der Waals surface area contributed by atoms with Gasteiger partial charge in [-0.25, -0.2) is 4.39 Å². The smallest absolute Gasteiger partial charge is 0.295 e. The third-order valence-electron chi connectivity index (χ3n) is 6.09. The van der Waals surface area contributed by atoms with E-state index in [1.165, 1.54) is 29.2 Å². The molecule has 188 valence electrons. The Bertz CT molecular complexity index is 1080. The number of rotatable bonds is 11. The number of likely N-dealkylation sites (N-methyl/N-ethyl adjacent to an activating group) is 1. The summed E-state index contributed by atoms with van der Waals surface area (Å²) in [6.07, 6.45) is 0. The van der Waals surface area contributed by atoms with Crippen LogP contribution >= 0.6 is 0 Å². The Kier molecular flexibility index (Phi) is 8.87. The number of hydrogen-bond donors (Lipinski definition) is 1. The summed E-state index contributed by atoms with van der Waals surface area (Å²) in [6.45, 7) is 11.1. The summed E-state index contributed by atoms with van der Waals surface area (Å²) < 4.78 is 24.9. The van der Waals surface area contributed by atoms with Crippen molar-refractivity contribution >= 4 is 17.4 Å². The number of amides is 1. The lowest BCUT2D eigenvalue weighted by atomic mass is 9.95. The molecule has 0 aliphatic carbocycles. The number of benzene rings is 2. The Balaban J connectivity index is 2.14. The number of carbonyl (C=O) groups is 2. The first-order valence-corrected chi connectivity index (χ1v) is 12.0. The zero-order valence-electron chi connectivity index (χ0n) is 20.7. The Labute approximate surface area is 205 Å². The zero-order valence-corrected chi connectivity index (χ0v) is 20.7. The Morgan fingerprint density at radius 1 is 0.971 bits per heavy atom. The predicted molar refractivity (Wildman–Crippen MR) is 132 cm³/mol. The molecule has 1 aliphatic heterocycles. The van der Waals surface area contributed by atoms with Crippen LogP contribution in [0.3, 0.4) is 0 Å². The van der Waals surface area contributed by atoms with E-state index in [0.29, 0.717) is 43.4 Å². The number of Topliss-reactive ketones (excluding diaryl/α,β-unsaturated/α-hetero) is 1. The van der Waals surface area contributed by atoms with Gasteiger partial charge in [-0.3, -0.25) is 9.59 Å². The van der Waals surface area contributed by atoms with E-state index in [9.17, 15) is 19.1 Å². The molecule has 8 heteroatoms. The number of halogens is 1. The molecule has 0 radical (unpaired) electrons. The number of hydrogen-bond acceptors (Lipinski definition) is 6. The molecule has 3 rings (SSSR count). The lowest BCUT2D eigenvalue weighted by Gasteiger charge is -2.28. The molecule has 35 heavy (non-hydrogen) atoms. The number of ketones is 1. The normalized spacial score (nSPS) is 17.3. The highest BCUT2D eigenvalue weighted by molar-refractivity contribution is 6.46. The van der Waals surface area contributed by atoms with Gasteiger partial charge in [0.2, 0.25) is 0 Å². The second-order valence-electron chi connectivity index (χ2n) is 8.10. The highest BCUT2D eigenvalue weighted by atomic mass is 19.1. The van der Waals surface area contributed by atoms with Gasteiger partial charge < -0.3 is 24.4 Å². The second kappa shape index (κ2) is 11.8. The van der Waals surface area contributed by atoms with E-state index in [4.69, 9.17) is 9.47 Å². The van der Waals surface area contributed by atoms with Crippen LogP contribution in [0.2, 0.25) is 0 Å². The average molecular weight is 485 g/mol. The van der Waals surface area contributed by atoms with Gasteiger partial charge >= 0.3 is 0 Å². The van der Waals surface area contributed by atoms with E-state index >= 15 is 0 Å². The molecule has 1 saturated heterocycles. The predicted octanol–water partition coefficient (Wildman–Crippen LogP) is 4.39. The molecule has 1 atom stereocenters. The van der Waals surface area contributed by atoms with Gasteiger partial charge in [-0.1, -0.05) is 19.9 Å². The fourth-order valence-electron chi connectivity index (χ4n) is 4.25. The number of nitrogens with zero attached hydrogens (tertiary/aromatic N) is 2. The van der Waals surface area contributed by atoms with Crippen LogP contribution in [0.15, 0.2) is 48.0 Å². The lowest BCUT2D eigenvalue weighted by molar-refractivity contribution is -0.140. The van der Waals surface area contributed by atoms with Crippen LogP contribution in [0.4, 0.5) is 4.39 Å². The first-order valence-electron chi connectivity index (χ1n) is 12.0. The van der Waals surface area contributed by atoms with E-state index in [2.05, 4.69) is 4.90 Å². The summed E-state index contributed by atoms with van der Waals surface area (Å²) in [6, 6.07) is 9.59. The van der Waals surface area contributed by atoms with Gasteiger partial charge in [0.15, 0.2) is 11.5 Å². The van der Waals surface area contributed by atoms with Crippen molar-refractivity contribution in [1.82, 2.24) is 9.80 Å². The Morgan fingerprint density at radius 2 is 1.60 bits per heavy atom. The summed E-state index contributed by atoms with van der Waals surface area (Å²) in [5.74, 6) is -1.23. The Morgan fingerprint density at radius 3 is 2.20 bits per heavy atom. The van der Waals surface area contributed by atoms with Crippen LogP contribution in [-0.2, 0) is 9.59 Å². The third kappa shape index (κ3) is 5.65. The standard InChI is InChI=1S/C27H33FN2O5/c1-5-29(6-2)15-16-30-24(19-11-14-21(34-7-3)22(17-19)35-8-4)23(26(32)27(30)33)25(31)18-9-12-20(28)13-10-18/h9-14,17,24,31H,5-8,15-16H2,1-4H3/t24-/m1/s1. The minimum absolute atomic E-state index is 0.0345. The molecule has 1 fully saturated rings. The fraction of sp³-hybridized carbons (Fsp3) is 0.407. The van der Waals surface area contributed by atoms with Crippen molar-refractivity contribution in [1.29, 1.82) is 0 Å². The van der Waals surface area contributed by atoms with Crippen molar-refractivity contribution in [2.24, 2.45) is 0 Å². The number of likely N-dealkylation sites (tertiary alicyclic amines) is 1. The second-order valence-corrected chi connectivity index (χ2v) is 8.10. The van der Waals surface area contributed by atoms with E-state index in [1.54, 1.807) is 18.2 Å². The van der Waals surface area contributed by atoms with Crippen LogP contribution in [0.1, 0.15) is 44.9 Å². The van der Waals surface area contributed by atoms with E-state index in [1.807, 2.05) is 27.7 Å². The van der Waals surface area contributed by atoms with Gasteiger partial charge in [0.25, 0.3) is 11.7 Å². The lowest BCUT2D eigenvalue weighted by Crippen LogP contribution is -2.38. The molecule has 0 unspecified atom stereocenters. The minimum Gasteiger partial charge on any atom is -0.507 e. The van der Waals surface area contributed by atoms with Crippen molar-refractivity contribution in [2.75, 3.05) is 39.4 Å². The largest absolute Gasteiger partial charge is 0.507 e. The van der Waals surface area contributed by atoms with Gasteiger partial charge in [-0.15, -0.1) is 0 Å². The van der Waals surface area contributed by atoms with E-state index < -0.39 is 23.5 Å². The molecule has 1 aliphatic rings. The van der Waals surface area contributed by atoms with E-state index in [-0.39, 0.29) is 16.9 Å². The van der Waals surface area contributed by atoms with Gasteiger partial charge in [-0.2, -0.15) is 0 Å². The van der Waals surface area contributed by atoms with Crippen LogP contribution in [0.25, 0.3) is 5.76 Å². The molecule has 0 saturated carbocycles. The number of aliphatic hydroxyl groups is 1. The first-order chi connectivity index (χ1) is 16.9. The fourth-order valence-corrected chi connectivity index (χ4v) is 4.25. The van der Waals surface area contributed by atoms with Crippen molar-refractivity contribution in [2.45, 2.75) is 33.7 Å². The molecule has 1 N–H and O–H groups in total. The highest BCUT2D eigenvalue weighted by Crippen LogP contribution is 2.42. The van der Waals surface area contributed by atoms with Crippen LogP contribution < -0.4 is 9.47 Å². The molecule has 0 spiro atoms. The molecule has 0 bridgehead atoms. The molecule has 2 aromatic carbocycles. The summed E-state index contributed by atoms with van der Waals surface area (Å²) in [7, 11) is 0. The molecule has 1 amide bonds. The molecular formula is C27H33FN2O5. The van der Waals surface area contributed by atoms with Crippen molar-refractivity contribution in [3.05, 3.63) is 65.0 Å². The average Bonchev–Trinajstić information content (AvgIpc) is 3.11. The molecule has 1 heterocycles. The highest BCUT2D eigenvalue weighted by Gasteiger charge is 2.46. The van der Waals surface area contributed by atoms with Crippen LogP contribution in [0, 0.1) is 5.82 Å². The quantitative estimate of drug-likeness (QED) is 0.290.